The zero-order valence-electron chi connectivity index (χ0n) is 10.3. The molecular weight excluding hydrogens is 216 g/mol. The van der Waals surface area contributed by atoms with Crippen LogP contribution in [0.15, 0.2) is 18.5 Å². The number of rotatable bonds is 2. The van der Waals surface area contributed by atoms with E-state index in [2.05, 4.69) is 23.7 Å². The van der Waals surface area contributed by atoms with Crippen molar-refractivity contribution in [3.05, 3.63) is 24.0 Å². The summed E-state index contributed by atoms with van der Waals surface area (Å²) in [6.07, 6.45) is 6.63. The number of nitrogens with zero attached hydrogens (tertiary/aromatic N) is 2. The van der Waals surface area contributed by atoms with Crippen molar-refractivity contribution in [2.24, 2.45) is 0 Å². The standard InChI is InChI=1S/C13H18N2O2/c1-9-4-3-5-10(2)15(9)12-8-14-7-6-11(12)13(16)17/h6-10H,3-5H2,1-2H3,(H,16,17). The quantitative estimate of drug-likeness (QED) is 0.854. The SMILES string of the molecule is CC1CCCC(C)N1c1cnccc1C(=O)O. The van der Waals surface area contributed by atoms with Gasteiger partial charge >= 0.3 is 5.97 Å². The molecule has 0 spiro atoms. The first-order chi connectivity index (χ1) is 8.11. The molecule has 4 heteroatoms. The average Bonchev–Trinajstić information content (AvgIpc) is 2.29. The summed E-state index contributed by atoms with van der Waals surface area (Å²) in [5.74, 6) is -0.882. The predicted molar refractivity (Wildman–Crippen MR) is 66.5 cm³/mol. The maximum absolute atomic E-state index is 11.2. The summed E-state index contributed by atoms with van der Waals surface area (Å²) in [4.78, 5) is 17.5. The van der Waals surface area contributed by atoms with Crippen LogP contribution in [0.5, 0.6) is 0 Å². The van der Waals surface area contributed by atoms with Crippen LogP contribution in [0.2, 0.25) is 0 Å². The van der Waals surface area contributed by atoms with Gasteiger partial charge in [-0.25, -0.2) is 4.79 Å². The van der Waals surface area contributed by atoms with Crippen LogP contribution in [0, 0.1) is 0 Å². The highest BCUT2D eigenvalue weighted by Gasteiger charge is 2.27. The highest BCUT2D eigenvalue weighted by Crippen LogP contribution is 2.30. The van der Waals surface area contributed by atoms with Crippen LogP contribution >= 0.6 is 0 Å². The molecule has 1 aliphatic heterocycles. The van der Waals surface area contributed by atoms with E-state index in [9.17, 15) is 9.90 Å². The zero-order chi connectivity index (χ0) is 12.4. The van der Waals surface area contributed by atoms with Gasteiger partial charge in [-0.05, 0) is 39.2 Å². The number of carbonyl (C=O) groups is 1. The molecule has 1 aromatic rings. The Balaban J connectivity index is 2.41. The summed E-state index contributed by atoms with van der Waals surface area (Å²) in [7, 11) is 0. The van der Waals surface area contributed by atoms with Gasteiger partial charge < -0.3 is 10.0 Å². The Bertz CT molecular complexity index is 410. The van der Waals surface area contributed by atoms with E-state index < -0.39 is 5.97 Å². The van der Waals surface area contributed by atoms with E-state index in [1.54, 1.807) is 12.3 Å². The van der Waals surface area contributed by atoms with E-state index in [1.165, 1.54) is 12.6 Å². The maximum atomic E-state index is 11.2. The fraction of sp³-hybridized carbons (Fsp3) is 0.538. The number of anilines is 1. The molecule has 2 heterocycles. The van der Waals surface area contributed by atoms with Gasteiger partial charge in [0.2, 0.25) is 0 Å². The largest absolute Gasteiger partial charge is 0.478 e. The minimum absolute atomic E-state index is 0.348. The van der Waals surface area contributed by atoms with Crippen LogP contribution in [0.25, 0.3) is 0 Å². The molecule has 1 aliphatic rings. The Kier molecular flexibility index (Phi) is 3.31. The van der Waals surface area contributed by atoms with Gasteiger partial charge in [0.15, 0.2) is 0 Å². The molecule has 0 saturated carbocycles. The number of hydrogen-bond acceptors (Lipinski definition) is 3. The molecule has 2 rings (SSSR count). The van der Waals surface area contributed by atoms with Crippen LogP contribution in [0.1, 0.15) is 43.5 Å². The monoisotopic (exact) mass is 234 g/mol. The van der Waals surface area contributed by atoms with Gasteiger partial charge in [-0.1, -0.05) is 0 Å². The normalized spacial score (nSPS) is 24.7. The molecule has 1 N–H and O–H groups in total. The highest BCUT2D eigenvalue weighted by atomic mass is 16.4. The minimum atomic E-state index is -0.882. The summed E-state index contributed by atoms with van der Waals surface area (Å²) in [6, 6.07) is 2.33. The summed E-state index contributed by atoms with van der Waals surface area (Å²) < 4.78 is 0. The van der Waals surface area contributed by atoms with Crippen molar-refractivity contribution in [1.82, 2.24) is 4.98 Å². The second-order valence-electron chi connectivity index (χ2n) is 4.73. The number of pyridine rings is 1. The van der Waals surface area contributed by atoms with Crippen molar-refractivity contribution in [2.45, 2.75) is 45.2 Å². The third-order valence-electron chi connectivity index (χ3n) is 3.50. The van der Waals surface area contributed by atoms with Crippen molar-refractivity contribution in [1.29, 1.82) is 0 Å². The molecule has 2 atom stereocenters. The molecule has 1 aromatic heterocycles. The molecule has 0 aromatic carbocycles. The topological polar surface area (TPSA) is 53.4 Å². The molecule has 4 nitrogen and oxygen atoms in total. The lowest BCUT2D eigenvalue weighted by Crippen LogP contribution is -2.44. The first kappa shape index (κ1) is 11.9. The number of carboxylic acid groups (broad SMARTS) is 1. The second-order valence-corrected chi connectivity index (χ2v) is 4.73. The number of carboxylic acids is 1. The van der Waals surface area contributed by atoms with Gasteiger partial charge in [0.1, 0.15) is 0 Å². The lowest BCUT2D eigenvalue weighted by molar-refractivity contribution is 0.0697. The third-order valence-corrected chi connectivity index (χ3v) is 3.50. The van der Waals surface area contributed by atoms with Gasteiger partial charge in [0.25, 0.3) is 0 Å². The minimum Gasteiger partial charge on any atom is -0.478 e. The smallest absolute Gasteiger partial charge is 0.337 e. The van der Waals surface area contributed by atoms with Crippen molar-refractivity contribution < 1.29 is 9.90 Å². The predicted octanol–water partition coefficient (Wildman–Crippen LogP) is 2.55. The van der Waals surface area contributed by atoms with E-state index in [0.29, 0.717) is 17.6 Å². The molecule has 1 fully saturated rings. The third kappa shape index (κ3) is 2.25. The second kappa shape index (κ2) is 4.73. The summed E-state index contributed by atoms with van der Waals surface area (Å²) in [6.45, 7) is 4.29. The molecule has 2 unspecified atom stereocenters. The van der Waals surface area contributed by atoms with Gasteiger partial charge in [-0.2, -0.15) is 0 Å². The number of hydrogen-bond donors (Lipinski definition) is 1. The molecule has 0 amide bonds. The van der Waals surface area contributed by atoms with Gasteiger partial charge in [0, 0.05) is 18.3 Å². The van der Waals surface area contributed by atoms with Crippen molar-refractivity contribution in [3.8, 4) is 0 Å². The Hall–Kier alpha value is -1.58. The number of piperidine rings is 1. The molecule has 0 bridgehead atoms. The molecule has 0 radical (unpaired) electrons. The maximum Gasteiger partial charge on any atom is 0.337 e. The van der Waals surface area contributed by atoms with Crippen molar-refractivity contribution in [2.75, 3.05) is 4.90 Å². The Morgan fingerprint density at radius 3 is 2.65 bits per heavy atom. The lowest BCUT2D eigenvalue weighted by atomic mass is 9.96. The van der Waals surface area contributed by atoms with Crippen LogP contribution in [-0.4, -0.2) is 28.1 Å². The van der Waals surface area contributed by atoms with Gasteiger partial charge in [0.05, 0.1) is 17.4 Å². The lowest BCUT2D eigenvalue weighted by Gasteiger charge is -2.41. The highest BCUT2D eigenvalue weighted by molar-refractivity contribution is 5.94. The molecule has 0 aliphatic carbocycles. The van der Waals surface area contributed by atoms with E-state index in [-0.39, 0.29) is 0 Å². The van der Waals surface area contributed by atoms with Crippen LogP contribution in [0.4, 0.5) is 5.69 Å². The van der Waals surface area contributed by atoms with Gasteiger partial charge in [-0.3, -0.25) is 4.98 Å². The molecule has 17 heavy (non-hydrogen) atoms. The Morgan fingerprint density at radius 1 is 1.41 bits per heavy atom. The van der Waals surface area contributed by atoms with E-state index >= 15 is 0 Å². The Labute approximate surface area is 101 Å². The number of aromatic nitrogens is 1. The fourth-order valence-electron chi connectivity index (χ4n) is 2.67. The molecule has 1 saturated heterocycles. The first-order valence-electron chi connectivity index (χ1n) is 6.07. The van der Waals surface area contributed by atoms with Crippen molar-refractivity contribution >= 4 is 11.7 Å². The fourth-order valence-corrected chi connectivity index (χ4v) is 2.67. The Morgan fingerprint density at radius 2 is 2.06 bits per heavy atom. The first-order valence-corrected chi connectivity index (χ1v) is 6.07. The van der Waals surface area contributed by atoms with E-state index in [0.717, 1.165) is 18.5 Å². The van der Waals surface area contributed by atoms with E-state index in [1.807, 2.05) is 0 Å². The molecular formula is C13H18N2O2. The summed E-state index contributed by atoms with van der Waals surface area (Å²) in [5.41, 5.74) is 1.10. The van der Waals surface area contributed by atoms with Gasteiger partial charge in [-0.15, -0.1) is 0 Å². The van der Waals surface area contributed by atoms with Crippen LogP contribution in [0.3, 0.4) is 0 Å². The van der Waals surface area contributed by atoms with Crippen LogP contribution in [-0.2, 0) is 0 Å². The van der Waals surface area contributed by atoms with E-state index in [4.69, 9.17) is 0 Å². The summed E-state index contributed by atoms with van der Waals surface area (Å²) in [5, 5.41) is 9.21. The zero-order valence-corrected chi connectivity index (χ0v) is 10.3. The van der Waals surface area contributed by atoms with Crippen molar-refractivity contribution in [3.63, 3.8) is 0 Å². The summed E-state index contributed by atoms with van der Waals surface area (Å²) >= 11 is 0. The number of aromatic carboxylic acids is 1. The van der Waals surface area contributed by atoms with Crippen LogP contribution < -0.4 is 4.90 Å². The molecule has 92 valence electrons. The average molecular weight is 234 g/mol.